The Morgan fingerprint density at radius 1 is 1.15 bits per heavy atom. The van der Waals surface area contributed by atoms with Crippen LogP contribution in [0.25, 0.3) is 17.4 Å². The Morgan fingerprint density at radius 2 is 1.94 bits per heavy atom. The number of rotatable bonds is 7. The van der Waals surface area contributed by atoms with Gasteiger partial charge in [-0.3, -0.25) is 9.69 Å². The maximum absolute atomic E-state index is 13.1. The topological polar surface area (TPSA) is 95.2 Å². The number of furan rings is 1. The standard InChI is InChI=1S/C25H22N2O5S/c1-16-19(9-6-10-20(16)24(29)30)21-12-11-18(32-21)15-22-23(28)27(13-14-31-2)25(33-22)26-17-7-4-3-5-8-17/h3-12,15H,13-14H2,1-2H3,(H,29,30)/p-1/b22-15-,26-25?. The zero-order valence-electron chi connectivity index (χ0n) is 18.1. The Bertz CT molecular complexity index is 1250. The fourth-order valence-corrected chi connectivity index (χ4v) is 4.42. The minimum atomic E-state index is -1.24. The number of hydrogen-bond donors (Lipinski definition) is 0. The van der Waals surface area contributed by atoms with Gasteiger partial charge in [0.2, 0.25) is 0 Å². The van der Waals surface area contributed by atoms with Crippen molar-refractivity contribution in [1.82, 2.24) is 4.90 Å². The van der Waals surface area contributed by atoms with Crippen LogP contribution >= 0.6 is 11.8 Å². The molecule has 4 rings (SSSR count). The Balaban J connectivity index is 1.64. The van der Waals surface area contributed by atoms with E-state index in [9.17, 15) is 14.7 Å². The Kier molecular flexibility index (Phi) is 6.76. The number of amides is 1. The molecular formula is C25H21N2O5S-. The van der Waals surface area contributed by atoms with E-state index in [1.807, 2.05) is 30.3 Å². The minimum absolute atomic E-state index is 0.112. The fraction of sp³-hybridized carbons (Fsp3) is 0.160. The number of ether oxygens (including phenoxy) is 1. The zero-order chi connectivity index (χ0) is 23.4. The summed E-state index contributed by atoms with van der Waals surface area (Å²) >= 11 is 1.27. The SMILES string of the molecule is COCCN1C(=O)/C(=C/c2ccc(-c3cccc(C(=O)[O-])c3C)o2)SC1=Nc1ccccc1. The summed E-state index contributed by atoms with van der Waals surface area (Å²) < 4.78 is 11.1. The molecule has 7 nitrogen and oxygen atoms in total. The largest absolute Gasteiger partial charge is 0.545 e. The summed E-state index contributed by atoms with van der Waals surface area (Å²) in [5.41, 5.74) is 2.07. The van der Waals surface area contributed by atoms with Crippen molar-refractivity contribution in [2.24, 2.45) is 4.99 Å². The summed E-state index contributed by atoms with van der Waals surface area (Å²) in [6.45, 7) is 2.47. The van der Waals surface area contributed by atoms with Crippen LogP contribution in [0.1, 0.15) is 21.7 Å². The molecule has 33 heavy (non-hydrogen) atoms. The first-order chi connectivity index (χ1) is 16.0. The Hall–Kier alpha value is -3.62. The predicted molar refractivity (Wildman–Crippen MR) is 126 cm³/mol. The molecule has 1 saturated heterocycles. The number of thioether (sulfide) groups is 1. The van der Waals surface area contributed by atoms with E-state index in [2.05, 4.69) is 4.99 Å². The van der Waals surface area contributed by atoms with Crippen molar-refractivity contribution in [2.45, 2.75) is 6.92 Å². The van der Waals surface area contributed by atoms with Crippen molar-refractivity contribution in [3.05, 3.63) is 82.5 Å². The number of carboxylic acids is 1. The summed E-state index contributed by atoms with van der Waals surface area (Å²) in [6, 6.07) is 17.8. The van der Waals surface area contributed by atoms with Crippen molar-refractivity contribution < 1.29 is 23.8 Å². The molecule has 1 aliphatic rings. The van der Waals surface area contributed by atoms with Crippen molar-refractivity contribution in [3.8, 4) is 11.3 Å². The van der Waals surface area contributed by atoms with Gasteiger partial charge in [0.1, 0.15) is 11.5 Å². The first kappa shape index (κ1) is 22.6. The fourth-order valence-electron chi connectivity index (χ4n) is 3.41. The number of carboxylic acid groups (broad SMARTS) is 1. The number of para-hydroxylation sites is 1. The van der Waals surface area contributed by atoms with E-state index >= 15 is 0 Å². The third-order valence-corrected chi connectivity index (χ3v) is 6.11. The number of methoxy groups -OCH3 is 1. The molecule has 0 spiro atoms. The van der Waals surface area contributed by atoms with Gasteiger partial charge in [-0.15, -0.1) is 0 Å². The first-order valence-corrected chi connectivity index (χ1v) is 11.0. The summed E-state index contributed by atoms with van der Waals surface area (Å²) in [5, 5.41) is 11.9. The quantitative estimate of drug-likeness (QED) is 0.496. The maximum Gasteiger partial charge on any atom is 0.266 e. The predicted octanol–water partition coefficient (Wildman–Crippen LogP) is 3.87. The molecule has 1 aromatic heterocycles. The summed E-state index contributed by atoms with van der Waals surface area (Å²) in [7, 11) is 1.58. The Labute approximate surface area is 195 Å². The van der Waals surface area contributed by atoms with Gasteiger partial charge in [-0.05, 0) is 48.5 Å². The average molecular weight is 462 g/mol. The lowest BCUT2D eigenvalue weighted by Crippen LogP contribution is -2.32. The average Bonchev–Trinajstić information content (AvgIpc) is 3.38. The number of hydrogen-bond acceptors (Lipinski definition) is 7. The van der Waals surface area contributed by atoms with Gasteiger partial charge in [0.15, 0.2) is 5.17 Å². The van der Waals surface area contributed by atoms with Gasteiger partial charge < -0.3 is 19.1 Å². The molecular weight excluding hydrogens is 440 g/mol. The van der Waals surface area contributed by atoms with Crippen LogP contribution in [-0.2, 0) is 9.53 Å². The van der Waals surface area contributed by atoms with E-state index in [-0.39, 0.29) is 11.5 Å². The minimum Gasteiger partial charge on any atom is -0.545 e. The van der Waals surface area contributed by atoms with Gasteiger partial charge in [-0.1, -0.05) is 36.4 Å². The molecule has 0 atom stereocenters. The van der Waals surface area contributed by atoms with Crippen LogP contribution in [0, 0.1) is 6.92 Å². The van der Waals surface area contributed by atoms with E-state index < -0.39 is 5.97 Å². The molecule has 0 unspecified atom stereocenters. The molecule has 8 heteroatoms. The molecule has 0 N–H and O–H groups in total. The number of aromatic carboxylic acids is 1. The van der Waals surface area contributed by atoms with Crippen LogP contribution in [0.3, 0.4) is 0 Å². The highest BCUT2D eigenvalue weighted by Crippen LogP contribution is 2.35. The molecule has 1 fully saturated rings. The highest BCUT2D eigenvalue weighted by atomic mass is 32.2. The molecule has 0 saturated carbocycles. The number of benzene rings is 2. The van der Waals surface area contributed by atoms with E-state index in [0.717, 1.165) is 5.69 Å². The van der Waals surface area contributed by atoms with Gasteiger partial charge in [0.05, 0.1) is 29.7 Å². The molecule has 0 radical (unpaired) electrons. The van der Waals surface area contributed by atoms with Crippen LogP contribution < -0.4 is 5.11 Å². The van der Waals surface area contributed by atoms with Gasteiger partial charge in [-0.2, -0.15) is 0 Å². The summed E-state index contributed by atoms with van der Waals surface area (Å²) in [4.78, 5) is 31.1. The van der Waals surface area contributed by atoms with Crippen LogP contribution in [0.4, 0.5) is 5.69 Å². The van der Waals surface area contributed by atoms with Crippen LogP contribution in [0.2, 0.25) is 0 Å². The summed E-state index contributed by atoms with van der Waals surface area (Å²) in [6.07, 6.45) is 1.67. The van der Waals surface area contributed by atoms with E-state index in [1.54, 1.807) is 49.3 Å². The number of nitrogens with zero attached hydrogens (tertiary/aromatic N) is 2. The van der Waals surface area contributed by atoms with Crippen LogP contribution in [0.15, 0.2) is 75.0 Å². The molecule has 3 aromatic rings. The van der Waals surface area contributed by atoms with E-state index in [0.29, 0.717) is 45.9 Å². The van der Waals surface area contributed by atoms with E-state index in [1.165, 1.54) is 17.8 Å². The lowest BCUT2D eigenvalue weighted by molar-refractivity contribution is -0.255. The van der Waals surface area contributed by atoms with Crippen LogP contribution in [0.5, 0.6) is 0 Å². The smallest absolute Gasteiger partial charge is 0.266 e. The molecule has 1 aliphatic heterocycles. The van der Waals surface area contributed by atoms with Crippen molar-refractivity contribution in [3.63, 3.8) is 0 Å². The van der Waals surface area contributed by atoms with Gasteiger partial charge in [-0.25, -0.2) is 4.99 Å². The van der Waals surface area contributed by atoms with Crippen LogP contribution in [-0.4, -0.2) is 42.2 Å². The normalized spacial score (nSPS) is 16.2. The highest BCUT2D eigenvalue weighted by Gasteiger charge is 2.33. The number of carbonyl (C=O) groups excluding carboxylic acids is 2. The molecule has 2 aromatic carbocycles. The second kappa shape index (κ2) is 9.89. The number of carbonyl (C=O) groups is 2. The number of amidine groups is 1. The number of aliphatic imine (C=N–C) groups is 1. The monoisotopic (exact) mass is 461 g/mol. The van der Waals surface area contributed by atoms with Gasteiger partial charge in [0, 0.05) is 24.3 Å². The zero-order valence-corrected chi connectivity index (χ0v) is 18.9. The molecule has 2 heterocycles. The van der Waals surface area contributed by atoms with Crippen molar-refractivity contribution in [1.29, 1.82) is 0 Å². The van der Waals surface area contributed by atoms with Gasteiger partial charge >= 0.3 is 0 Å². The second-order valence-electron chi connectivity index (χ2n) is 7.26. The van der Waals surface area contributed by atoms with Crippen molar-refractivity contribution in [2.75, 3.05) is 20.3 Å². The summed E-state index contributed by atoms with van der Waals surface area (Å²) in [5.74, 6) is -0.434. The lowest BCUT2D eigenvalue weighted by Gasteiger charge is -2.14. The highest BCUT2D eigenvalue weighted by molar-refractivity contribution is 8.18. The third-order valence-electron chi connectivity index (χ3n) is 5.11. The van der Waals surface area contributed by atoms with Crippen molar-refractivity contribution >= 4 is 40.6 Å². The Morgan fingerprint density at radius 3 is 2.67 bits per heavy atom. The van der Waals surface area contributed by atoms with Gasteiger partial charge in [0.25, 0.3) is 5.91 Å². The van der Waals surface area contributed by atoms with E-state index in [4.69, 9.17) is 9.15 Å². The molecule has 0 aliphatic carbocycles. The third kappa shape index (κ3) is 4.92. The lowest BCUT2D eigenvalue weighted by atomic mass is 10.0. The first-order valence-electron chi connectivity index (χ1n) is 10.2. The molecule has 1 amide bonds. The maximum atomic E-state index is 13.1. The second-order valence-corrected chi connectivity index (χ2v) is 8.27. The molecule has 168 valence electrons. The molecule has 0 bridgehead atoms.